The first-order valence-corrected chi connectivity index (χ1v) is 8.10. The number of rotatable bonds is 2. The van der Waals surface area contributed by atoms with Crippen LogP contribution in [0.1, 0.15) is 0 Å². The zero-order chi connectivity index (χ0) is 13.5. The van der Waals surface area contributed by atoms with Crippen molar-refractivity contribution < 1.29 is 13.0 Å². The monoisotopic (exact) mass is 291 g/mol. The normalized spacial score (nSPS) is 12.8. The van der Waals surface area contributed by atoms with E-state index in [1.807, 2.05) is 0 Å². The molecule has 1 heterocycles. The van der Waals surface area contributed by atoms with Crippen molar-refractivity contribution in [1.82, 2.24) is 4.37 Å². The van der Waals surface area contributed by atoms with Gasteiger partial charge in [-0.2, -0.15) is 0 Å². The lowest BCUT2D eigenvalue weighted by atomic mass is 10.3. The van der Waals surface area contributed by atoms with Gasteiger partial charge in [-0.3, -0.25) is 0 Å². The third-order valence-electron chi connectivity index (χ3n) is 2.78. The Kier molecular flexibility index (Phi) is 2.85. The smallest absolute Gasteiger partial charge is 0.229 e. The summed E-state index contributed by atoms with van der Waals surface area (Å²) in [5.41, 5.74) is 0. The lowest BCUT2D eigenvalue weighted by Crippen LogP contribution is -2.02. The van der Waals surface area contributed by atoms with Crippen LogP contribution in [-0.4, -0.2) is 17.3 Å². The lowest BCUT2D eigenvalue weighted by Gasteiger charge is -1.99. The minimum Gasteiger partial charge on any atom is -0.568 e. The molecule has 3 aromatic rings. The molecule has 2 aromatic carbocycles. The molecule has 1 unspecified atom stereocenters. The van der Waals surface area contributed by atoms with Crippen molar-refractivity contribution in [3.05, 3.63) is 54.6 Å². The minimum atomic E-state index is -3.73. The average molecular weight is 291 g/mol. The Hall–Kier alpha value is -1.76. The molecule has 0 N–H and O–H groups in total. The van der Waals surface area contributed by atoms with Crippen LogP contribution in [0.25, 0.3) is 10.1 Å². The second kappa shape index (κ2) is 4.41. The number of fused-ring (bicyclic) bond motifs is 1. The number of hydrogen-bond acceptors (Lipinski definition) is 4. The second-order valence-electron chi connectivity index (χ2n) is 3.96. The molecule has 0 amide bonds. The van der Waals surface area contributed by atoms with E-state index in [2.05, 4.69) is 4.37 Å². The molecule has 3 rings (SSSR count). The molecule has 0 fully saturated rings. The maximum atomic E-state index is 12.5. The highest BCUT2D eigenvalue weighted by atomic mass is 32.2. The Balaban J connectivity index is 2.31. The molecule has 0 bridgehead atoms. The van der Waals surface area contributed by atoms with Gasteiger partial charge in [0.15, 0.2) is 0 Å². The predicted molar refractivity (Wildman–Crippen MR) is 72.3 cm³/mol. The Labute approximate surface area is 113 Å². The summed E-state index contributed by atoms with van der Waals surface area (Å²) in [5.74, 6) is 0. The fourth-order valence-electron chi connectivity index (χ4n) is 1.87. The van der Waals surface area contributed by atoms with Gasteiger partial charge in [0.1, 0.15) is 0 Å². The number of sulfone groups is 1. The van der Waals surface area contributed by atoms with Gasteiger partial charge in [-0.25, -0.2) is 8.42 Å². The molecule has 1 aromatic heterocycles. The molecule has 1 atom stereocenters. The lowest BCUT2D eigenvalue weighted by molar-refractivity contribution is 0.584. The fourth-order valence-corrected chi connectivity index (χ4v) is 4.64. The molecular formula is C13H9NO3S2. The zero-order valence-corrected chi connectivity index (χ0v) is 11.3. The van der Waals surface area contributed by atoms with E-state index in [1.54, 1.807) is 42.5 Å². The van der Waals surface area contributed by atoms with Crippen molar-refractivity contribution in [3.8, 4) is 0 Å². The molecule has 0 spiro atoms. The highest BCUT2D eigenvalue weighted by molar-refractivity contribution is 7.91. The van der Waals surface area contributed by atoms with E-state index in [0.29, 0.717) is 10.1 Å². The van der Waals surface area contributed by atoms with E-state index in [-0.39, 0.29) is 9.92 Å². The first-order valence-electron chi connectivity index (χ1n) is 5.51. The first kappa shape index (κ1) is 12.3. The number of nitrogens with zero attached hydrogens (tertiary/aromatic N) is 1. The predicted octanol–water partition coefficient (Wildman–Crippen LogP) is 2.80. The summed E-state index contributed by atoms with van der Waals surface area (Å²) in [6.45, 7) is 0. The first-order chi connectivity index (χ1) is 9.10. The van der Waals surface area contributed by atoms with Crippen molar-refractivity contribution in [3.63, 3.8) is 0 Å². The van der Waals surface area contributed by atoms with Gasteiger partial charge in [0.2, 0.25) is 19.6 Å². The third kappa shape index (κ3) is 1.94. The van der Waals surface area contributed by atoms with Crippen LogP contribution < -0.4 is 0 Å². The molecule has 0 aliphatic heterocycles. The topological polar surface area (TPSA) is 70.1 Å². The van der Waals surface area contributed by atoms with Gasteiger partial charge in [0.05, 0.1) is 21.2 Å². The highest BCUT2D eigenvalue weighted by Crippen LogP contribution is 2.34. The van der Waals surface area contributed by atoms with Gasteiger partial charge in [-0.15, -0.1) is 0 Å². The molecule has 0 radical (unpaired) electrons. The van der Waals surface area contributed by atoms with E-state index in [4.69, 9.17) is 0 Å². The number of benzene rings is 2. The second-order valence-corrected chi connectivity index (χ2v) is 6.94. The van der Waals surface area contributed by atoms with Gasteiger partial charge in [-0.05, 0) is 22.6 Å². The summed E-state index contributed by atoms with van der Waals surface area (Å²) in [5, 5.41) is 0.303. The SMILES string of the molecule is O=S(=O)(c1ccccc1)c1n[s+]([O-])c2ccccc12. The van der Waals surface area contributed by atoms with Crippen LogP contribution in [0.15, 0.2) is 64.5 Å². The van der Waals surface area contributed by atoms with E-state index in [1.165, 1.54) is 12.1 Å². The zero-order valence-electron chi connectivity index (χ0n) is 9.68. The van der Waals surface area contributed by atoms with Crippen LogP contribution in [0.5, 0.6) is 0 Å². The summed E-state index contributed by atoms with van der Waals surface area (Å²) in [7, 11) is -5.37. The summed E-state index contributed by atoms with van der Waals surface area (Å²) in [6, 6.07) is 14.7. The molecule has 4 nitrogen and oxygen atoms in total. The summed E-state index contributed by atoms with van der Waals surface area (Å²) in [6.07, 6.45) is 0. The van der Waals surface area contributed by atoms with E-state index >= 15 is 0 Å². The molecule has 96 valence electrons. The summed E-state index contributed by atoms with van der Waals surface area (Å²) in [4.78, 5) is 0.155. The quantitative estimate of drug-likeness (QED) is 0.681. The Morgan fingerprint density at radius 3 is 2.32 bits per heavy atom. The van der Waals surface area contributed by atoms with Crippen molar-refractivity contribution in [2.45, 2.75) is 9.92 Å². The van der Waals surface area contributed by atoms with Crippen molar-refractivity contribution in [2.24, 2.45) is 0 Å². The largest absolute Gasteiger partial charge is 0.568 e. The van der Waals surface area contributed by atoms with Crippen LogP contribution >= 0.6 is 10.9 Å². The fraction of sp³-hybridized carbons (Fsp3) is 0. The average Bonchev–Trinajstić information content (AvgIpc) is 2.79. The van der Waals surface area contributed by atoms with Gasteiger partial charge < -0.3 is 4.55 Å². The Morgan fingerprint density at radius 2 is 1.58 bits per heavy atom. The summed E-state index contributed by atoms with van der Waals surface area (Å²) < 4.78 is 41.0. The Bertz CT molecular complexity index is 839. The summed E-state index contributed by atoms with van der Waals surface area (Å²) >= 11 is 0. The van der Waals surface area contributed by atoms with Crippen LogP contribution in [0.2, 0.25) is 0 Å². The standard InChI is InChI=1S/C13H9NO3S2/c15-18-12-9-5-4-8-11(12)13(14-18)19(16,17)10-6-2-1-3-7-10/h1-9H. The van der Waals surface area contributed by atoms with E-state index < -0.39 is 20.8 Å². The van der Waals surface area contributed by atoms with E-state index in [9.17, 15) is 13.0 Å². The van der Waals surface area contributed by atoms with Crippen LogP contribution in [0, 0.1) is 0 Å². The minimum absolute atomic E-state index is 0.118. The molecule has 0 saturated carbocycles. The number of hydrogen-bond donors (Lipinski definition) is 0. The molecule has 0 saturated heterocycles. The molecular weight excluding hydrogens is 282 g/mol. The van der Waals surface area contributed by atoms with Crippen molar-refractivity contribution >= 4 is 30.9 Å². The molecule has 19 heavy (non-hydrogen) atoms. The molecule has 0 aliphatic carbocycles. The van der Waals surface area contributed by atoms with Gasteiger partial charge in [0.25, 0.3) is 0 Å². The van der Waals surface area contributed by atoms with Crippen molar-refractivity contribution in [1.29, 1.82) is 0 Å². The Morgan fingerprint density at radius 1 is 0.947 bits per heavy atom. The maximum absolute atomic E-state index is 12.5. The highest BCUT2D eigenvalue weighted by Gasteiger charge is 2.28. The van der Waals surface area contributed by atoms with Gasteiger partial charge in [0, 0.05) is 6.07 Å². The van der Waals surface area contributed by atoms with Crippen molar-refractivity contribution in [2.75, 3.05) is 0 Å². The van der Waals surface area contributed by atoms with Gasteiger partial charge in [-0.1, -0.05) is 30.3 Å². The van der Waals surface area contributed by atoms with Crippen LogP contribution in [0.4, 0.5) is 0 Å². The van der Waals surface area contributed by atoms with Crippen LogP contribution in [0.3, 0.4) is 0 Å². The maximum Gasteiger partial charge on any atom is 0.229 e. The third-order valence-corrected chi connectivity index (χ3v) is 5.69. The van der Waals surface area contributed by atoms with E-state index in [0.717, 1.165) is 0 Å². The molecule has 0 aliphatic rings. The van der Waals surface area contributed by atoms with Gasteiger partial charge >= 0.3 is 0 Å². The molecule has 6 heteroatoms. The number of aromatic nitrogens is 1. The van der Waals surface area contributed by atoms with Crippen LogP contribution in [-0.2, 0) is 9.84 Å².